The van der Waals surface area contributed by atoms with E-state index in [0.717, 1.165) is 12.8 Å². The first-order valence-corrected chi connectivity index (χ1v) is 6.16. The topological polar surface area (TPSA) is 92.4 Å². The van der Waals surface area contributed by atoms with Crippen LogP contribution in [-0.2, 0) is 11.2 Å². The lowest BCUT2D eigenvalue weighted by atomic mass is 10.0. The Labute approximate surface area is 103 Å². The van der Waals surface area contributed by atoms with Crippen LogP contribution in [0.15, 0.2) is 0 Å². The monoisotopic (exact) mass is 250 g/mol. The van der Waals surface area contributed by atoms with Gasteiger partial charge in [0, 0.05) is 5.92 Å². The van der Waals surface area contributed by atoms with Gasteiger partial charge in [-0.3, -0.25) is 0 Å². The van der Waals surface area contributed by atoms with E-state index in [0.29, 0.717) is 30.8 Å². The van der Waals surface area contributed by atoms with Gasteiger partial charge in [0.25, 0.3) is 0 Å². The lowest BCUT2D eigenvalue weighted by molar-refractivity contribution is -0.141. The summed E-state index contributed by atoms with van der Waals surface area (Å²) in [6.07, 6.45) is 3.80. The zero-order chi connectivity index (χ0) is 12.9. The molecule has 96 valence electrons. The minimum atomic E-state index is -1.06. The van der Waals surface area contributed by atoms with E-state index in [1.54, 1.807) is 4.57 Å². The molecule has 0 amide bonds. The zero-order valence-electron chi connectivity index (χ0n) is 9.80. The van der Waals surface area contributed by atoms with E-state index in [4.69, 9.17) is 5.11 Å². The number of hydrogen-bond donors (Lipinski definition) is 2. The number of aliphatic carboxylic acids is 1. The summed E-state index contributed by atoms with van der Waals surface area (Å²) in [4.78, 5) is 26.7. The maximum atomic E-state index is 11.3. The molecule has 1 fully saturated rings. The molecule has 0 aromatic carbocycles. The van der Waals surface area contributed by atoms with Crippen molar-refractivity contribution in [2.75, 3.05) is 0 Å². The molecule has 1 aromatic rings. The third-order valence-corrected chi connectivity index (χ3v) is 3.67. The van der Waals surface area contributed by atoms with Gasteiger partial charge in [-0.25, -0.2) is 14.6 Å². The summed E-state index contributed by atoms with van der Waals surface area (Å²) < 4.78 is 1.67. The van der Waals surface area contributed by atoms with E-state index in [1.165, 1.54) is 0 Å². The molecule has 0 bridgehead atoms. The fraction of sp³-hybridized carbons (Fsp3) is 0.583. The van der Waals surface area contributed by atoms with E-state index < -0.39 is 18.0 Å². The van der Waals surface area contributed by atoms with Crippen molar-refractivity contribution in [2.45, 2.75) is 44.1 Å². The smallest absolute Gasteiger partial charge is 0.356 e. The number of rotatable bonds is 3. The van der Waals surface area contributed by atoms with E-state index >= 15 is 0 Å². The fourth-order valence-corrected chi connectivity index (χ4v) is 2.70. The third-order valence-electron chi connectivity index (χ3n) is 3.67. The van der Waals surface area contributed by atoms with Crippen LogP contribution in [-0.4, -0.2) is 31.7 Å². The molecule has 1 saturated carbocycles. The van der Waals surface area contributed by atoms with Gasteiger partial charge in [-0.05, 0) is 32.1 Å². The largest absolute Gasteiger partial charge is 0.480 e. The first kappa shape index (κ1) is 11.3. The Hall–Kier alpha value is -1.85. The van der Waals surface area contributed by atoms with Gasteiger partial charge in [-0.2, -0.15) is 0 Å². The quantitative estimate of drug-likeness (QED) is 0.846. The number of fused-ring (bicyclic) bond motifs is 1. The van der Waals surface area contributed by atoms with Gasteiger partial charge in [0.15, 0.2) is 5.69 Å². The van der Waals surface area contributed by atoms with E-state index in [2.05, 4.69) is 4.98 Å². The van der Waals surface area contributed by atoms with Gasteiger partial charge in [-0.15, -0.1) is 0 Å². The van der Waals surface area contributed by atoms with Gasteiger partial charge < -0.3 is 14.8 Å². The van der Waals surface area contributed by atoms with Gasteiger partial charge in [-0.1, -0.05) is 0 Å². The third kappa shape index (κ3) is 1.60. The van der Waals surface area contributed by atoms with Crippen LogP contribution in [0.3, 0.4) is 0 Å². The van der Waals surface area contributed by atoms with Crippen molar-refractivity contribution >= 4 is 11.9 Å². The summed E-state index contributed by atoms with van der Waals surface area (Å²) in [5.41, 5.74) is 0.630. The number of hydrogen-bond acceptors (Lipinski definition) is 3. The van der Waals surface area contributed by atoms with Crippen LogP contribution in [0.1, 0.15) is 59.6 Å². The van der Waals surface area contributed by atoms with Crippen LogP contribution >= 0.6 is 0 Å². The summed E-state index contributed by atoms with van der Waals surface area (Å²) in [6, 6.07) is -0.648. The lowest BCUT2D eigenvalue weighted by Crippen LogP contribution is -2.26. The lowest BCUT2D eigenvalue weighted by Gasteiger charge is -2.24. The fourth-order valence-electron chi connectivity index (χ4n) is 2.70. The molecular formula is C12H14N2O4. The minimum Gasteiger partial charge on any atom is -0.480 e. The van der Waals surface area contributed by atoms with Crippen LogP contribution < -0.4 is 0 Å². The average Bonchev–Trinajstić information content (AvgIpc) is 3.08. The number of carbonyl (C=O) groups is 2. The van der Waals surface area contributed by atoms with E-state index in [9.17, 15) is 14.7 Å². The summed E-state index contributed by atoms with van der Waals surface area (Å²) in [7, 11) is 0. The Morgan fingerprint density at radius 2 is 1.94 bits per heavy atom. The predicted octanol–water partition coefficient (Wildman–Crippen LogP) is 1.42. The minimum absolute atomic E-state index is 0.0443. The average molecular weight is 250 g/mol. The van der Waals surface area contributed by atoms with Gasteiger partial charge in [0.2, 0.25) is 0 Å². The normalized spacial score (nSPS) is 22.6. The maximum Gasteiger partial charge on any atom is 0.356 e. The summed E-state index contributed by atoms with van der Waals surface area (Å²) in [5.74, 6) is -1.05. The number of nitrogens with zero attached hydrogens (tertiary/aromatic N) is 2. The van der Waals surface area contributed by atoms with Crippen molar-refractivity contribution in [2.24, 2.45) is 0 Å². The van der Waals surface area contributed by atoms with E-state index in [-0.39, 0.29) is 11.6 Å². The van der Waals surface area contributed by atoms with Crippen molar-refractivity contribution in [1.29, 1.82) is 0 Å². The molecule has 3 rings (SSSR count). The SMILES string of the molecule is O=C(O)c1nc(C2CC2)n2c1CCCC2C(=O)O. The second-order valence-corrected chi connectivity index (χ2v) is 4.96. The van der Waals surface area contributed by atoms with Crippen molar-refractivity contribution < 1.29 is 19.8 Å². The Morgan fingerprint density at radius 3 is 2.50 bits per heavy atom. The second-order valence-electron chi connectivity index (χ2n) is 4.96. The maximum absolute atomic E-state index is 11.3. The van der Waals surface area contributed by atoms with Gasteiger partial charge >= 0.3 is 11.9 Å². The molecule has 2 heterocycles. The van der Waals surface area contributed by atoms with Crippen LogP contribution in [0.4, 0.5) is 0 Å². The molecule has 6 nitrogen and oxygen atoms in total. The zero-order valence-corrected chi connectivity index (χ0v) is 9.80. The first-order chi connectivity index (χ1) is 8.59. The summed E-state index contributed by atoms with van der Waals surface area (Å²) in [5, 5.41) is 18.4. The molecule has 18 heavy (non-hydrogen) atoms. The number of imidazole rings is 1. The number of carboxylic acids is 2. The van der Waals surface area contributed by atoms with Crippen LogP contribution in [0, 0.1) is 0 Å². The van der Waals surface area contributed by atoms with E-state index in [1.807, 2.05) is 0 Å². The standard InChI is InChI=1S/C12H14N2O4/c15-11(16)8-3-1-2-7-9(12(17)18)13-10(14(7)8)6-4-5-6/h6,8H,1-5H2,(H,15,16)(H,17,18). The predicted molar refractivity (Wildman–Crippen MR) is 60.8 cm³/mol. The van der Waals surface area contributed by atoms with Crippen LogP contribution in [0.2, 0.25) is 0 Å². The Bertz CT molecular complexity index is 530. The molecule has 1 aliphatic carbocycles. The van der Waals surface area contributed by atoms with Crippen molar-refractivity contribution in [3.63, 3.8) is 0 Å². The molecule has 0 radical (unpaired) electrons. The highest BCUT2D eigenvalue weighted by Crippen LogP contribution is 2.43. The number of aromatic carboxylic acids is 1. The molecule has 6 heteroatoms. The molecule has 1 atom stereocenters. The van der Waals surface area contributed by atoms with Crippen molar-refractivity contribution in [3.8, 4) is 0 Å². The highest BCUT2D eigenvalue weighted by atomic mass is 16.4. The molecule has 0 spiro atoms. The highest BCUT2D eigenvalue weighted by molar-refractivity contribution is 5.87. The molecule has 2 aliphatic rings. The van der Waals surface area contributed by atoms with Gasteiger partial charge in [0.1, 0.15) is 11.9 Å². The number of carboxylic acid groups (broad SMARTS) is 2. The van der Waals surface area contributed by atoms with Crippen molar-refractivity contribution in [3.05, 3.63) is 17.2 Å². The van der Waals surface area contributed by atoms with Gasteiger partial charge in [0.05, 0.1) is 5.69 Å². The first-order valence-electron chi connectivity index (χ1n) is 6.16. The van der Waals surface area contributed by atoms with Crippen molar-refractivity contribution in [1.82, 2.24) is 9.55 Å². The van der Waals surface area contributed by atoms with Crippen LogP contribution in [0.5, 0.6) is 0 Å². The number of aromatic nitrogens is 2. The van der Waals surface area contributed by atoms with Crippen LogP contribution in [0.25, 0.3) is 0 Å². The molecule has 0 saturated heterocycles. The summed E-state index contributed by atoms with van der Waals surface area (Å²) in [6.45, 7) is 0. The highest BCUT2D eigenvalue weighted by Gasteiger charge is 2.38. The molecule has 1 unspecified atom stereocenters. The molecule has 1 aliphatic heterocycles. The molecular weight excluding hydrogens is 236 g/mol. The molecule has 1 aromatic heterocycles. The second kappa shape index (κ2) is 3.83. The molecule has 2 N–H and O–H groups in total. The Kier molecular flexibility index (Phi) is 2.39. The summed E-state index contributed by atoms with van der Waals surface area (Å²) >= 11 is 0. The Balaban J connectivity index is 2.16. The Morgan fingerprint density at radius 1 is 1.22 bits per heavy atom.